The predicted octanol–water partition coefficient (Wildman–Crippen LogP) is 2.58. The quantitative estimate of drug-likeness (QED) is 0.913. The summed E-state index contributed by atoms with van der Waals surface area (Å²) < 4.78 is 0. The van der Waals surface area contributed by atoms with Gasteiger partial charge in [-0.15, -0.1) is 0 Å². The van der Waals surface area contributed by atoms with Gasteiger partial charge in [0, 0.05) is 37.2 Å². The van der Waals surface area contributed by atoms with Crippen LogP contribution in [0.5, 0.6) is 0 Å². The summed E-state index contributed by atoms with van der Waals surface area (Å²) in [6.07, 6.45) is 3.72. The van der Waals surface area contributed by atoms with E-state index in [0.717, 1.165) is 17.8 Å². The van der Waals surface area contributed by atoms with Gasteiger partial charge in [-0.05, 0) is 32.5 Å². The van der Waals surface area contributed by atoms with Crippen molar-refractivity contribution in [3.8, 4) is 0 Å². The Kier molecular flexibility index (Phi) is 4.12. The highest BCUT2D eigenvalue weighted by atomic mass is 15.2. The molecule has 1 N–H and O–H groups in total. The number of hydrogen-bond donors (Lipinski definition) is 1. The molecule has 0 aliphatic rings. The van der Waals surface area contributed by atoms with Gasteiger partial charge < -0.3 is 10.2 Å². The van der Waals surface area contributed by atoms with Gasteiger partial charge in [-0.3, -0.25) is 0 Å². The summed E-state index contributed by atoms with van der Waals surface area (Å²) in [6, 6.07) is 6.38. The molecule has 100 valence electrons. The molecule has 4 nitrogen and oxygen atoms in total. The van der Waals surface area contributed by atoms with Crippen molar-refractivity contribution in [1.82, 2.24) is 15.3 Å². The average molecular weight is 256 g/mol. The van der Waals surface area contributed by atoms with Crippen LogP contribution in [0.4, 0.5) is 11.6 Å². The van der Waals surface area contributed by atoms with Crippen LogP contribution in [0.25, 0.3) is 0 Å². The fourth-order valence-corrected chi connectivity index (χ4v) is 2.11. The Bertz CT molecular complexity index is 549. The molecule has 1 aromatic carbocycles. The van der Waals surface area contributed by atoms with Crippen LogP contribution in [-0.4, -0.2) is 24.1 Å². The first-order valence-corrected chi connectivity index (χ1v) is 6.38. The summed E-state index contributed by atoms with van der Waals surface area (Å²) in [5, 5.41) is 3.09. The Balaban J connectivity index is 2.25. The third kappa shape index (κ3) is 3.09. The Morgan fingerprint density at radius 1 is 1.16 bits per heavy atom. The smallest absolute Gasteiger partial charge is 0.229 e. The third-order valence-electron chi connectivity index (χ3n) is 3.09. The first kappa shape index (κ1) is 13.5. The second-order valence-electron chi connectivity index (χ2n) is 4.77. The van der Waals surface area contributed by atoms with Crippen molar-refractivity contribution < 1.29 is 0 Å². The van der Waals surface area contributed by atoms with Crippen LogP contribution in [-0.2, 0) is 6.54 Å². The van der Waals surface area contributed by atoms with Gasteiger partial charge in [0.1, 0.15) is 0 Å². The lowest BCUT2D eigenvalue weighted by molar-refractivity contribution is 0.805. The summed E-state index contributed by atoms with van der Waals surface area (Å²) in [5.74, 6) is 0.715. The van der Waals surface area contributed by atoms with Gasteiger partial charge in [-0.2, -0.15) is 0 Å². The molecule has 0 atom stereocenters. The number of nitrogens with zero attached hydrogens (tertiary/aromatic N) is 3. The van der Waals surface area contributed by atoms with E-state index in [2.05, 4.69) is 47.3 Å². The second-order valence-corrected chi connectivity index (χ2v) is 4.77. The highest BCUT2D eigenvalue weighted by Crippen LogP contribution is 2.24. The lowest BCUT2D eigenvalue weighted by Crippen LogP contribution is -2.15. The minimum atomic E-state index is 0.715. The zero-order chi connectivity index (χ0) is 13.8. The lowest BCUT2D eigenvalue weighted by Gasteiger charge is -2.19. The molecule has 0 amide bonds. The molecule has 0 radical (unpaired) electrons. The fraction of sp³-hybridized carbons (Fsp3) is 0.333. The van der Waals surface area contributed by atoms with Crippen LogP contribution >= 0.6 is 0 Å². The SMILES string of the molecule is CNCc1cnc(N(C)c2ccc(C)cc2C)nc1. The van der Waals surface area contributed by atoms with E-state index in [1.165, 1.54) is 11.1 Å². The van der Waals surface area contributed by atoms with Gasteiger partial charge in [0.2, 0.25) is 5.95 Å². The maximum absolute atomic E-state index is 4.41. The zero-order valence-corrected chi connectivity index (χ0v) is 11.9. The van der Waals surface area contributed by atoms with Crippen LogP contribution in [0, 0.1) is 13.8 Å². The Hall–Kier alpha value is -1.94. The molecule has 0 unspecified atom stereocenters. The van der Waals surface area contributed by atoms with Crippen molar-refractivity contribution >= 4 is 11.6 Å². The van der Waals surface area contributed by atoms with Crippen LogP contribution in [0.1, 0.15) is 16.7 Å². The molecule has 1 aromatic heterocycles. The van der Waals surface area contributed by atoms with Crippen LogP contribution in [0.3, 0.4) is 0 Å². The van der Waals surface area contributed by atoms with E-state index in [4.69, 9.17) is 0 Å². The van der Waals surface area contributed by atoms with E-state index in [9.17, 15) is 0 Å². The van der Waals surface area contributed by atoms with Gasteiger partial charge in [-0.1, -0.05) is 17.7 Å². The standard InChI is InChI=1S/C15H20N4/c1-11-5-6-14(12(2)7-11)19(4)15-17-9-13(8-16-3)10-18-15/h5-7,9-10,16H,8H2,1-4H3. The molecule has 0 aliphatic carbocycles. The zero-order valence-electron chi connectivity index (χ0n) is 11.9. The number of hydrogen-bond acceptors (Lipinski definition) is 4. The molecule has 0 bridgehead atoms. The van der Waals surface area contributed by atoms with E-state index < -0.39 is 0 Å². The average Bonchev–Trinajstić information content (AvgIpc) is 2.39. The summed E-state index contributed by atoms with van der Waals surface area (Å²) in [4.78, 5) is 10.8. The van der Waals surface area contributed by atoms with Crippen molar-refractivity contribution in [2.75, 3.05) is 19.0 Å². The van der Waals surface area contributed by atoms with E-state index in [-0.39, 0.29) is 0 Å². The normalized spacial score (nSPS) is 10.5. The van der Waals surface area contributed by atoms with Crippen molar-refractivity contribution in [3.05, 3.63) is 47.3 Å². The van der Waals surface area contributed by atoms with Crippen LogP contribution < -0.4 is 10.2 Å². The molecular weight excluding hydrogens is 236 g/mol. The number of aryl methyl sites for hydroxylation is 2. The third-order valence-corrected chi connectivity index (χ3v) is 3.09. The molecule has 2 rings (SSSR count). The number of aromatic nitrogens is 2. The number of benzene rings is 1. The topological polar surface area (TPSA) is 41.1 Å². The van der Waals surface area contributed by atoms with Gasteiger partial charge in [0.05, 0.1) is 0 Å². The van der Waals surface area contributed by atoms with E-state index >= 15 is 0 Å². The van der Waals surface area contributed by atoms with Crippen molar-refractivity contribution in [2.45, 2.75) is 20.4 Å². The maximum atomic E-state index is 4.41. The first-order chi connectivity index (χ1) is 9.11. The minimum absolute atomic E-state index is 0.715. The highest BCUT2D eigenvalue weighted by Gasteiger charge is 2.09. The minimum Gasteiger partial charge on any atom is -0.316 e. The maximum Gasteiger partial charge on any atom is 0.229 e. The first-order valence-electron chi connectivity index (χ1n) is 6.38. The monoisotopic (exact) mass is 256 g/mol. The molecule has 0 saturated carbocycles. The van der Waals surface area contributed by atoms with Crippen molar-refractivity contribution in [1.29, 1.82) is 0 Å². The van der Waals surface area contributed by atoms with Crippen molar-refractivity contribution in [2.24, 2.45) is 0 Å². The molecule has 0 saturated heterocycles. The Morgan fingerprint density at radius 3 is 2.42 bits per heavy atom. The predicted molar refractivity (Wildman–Crippen MR) is 78.8 cm³/mol. The summed E-state index contributed by atoms with van der Waals surface area (Å²) in [5.41, 5.74) is 4.71. The lowest BCUT2D eigenvalue weighted by atomic mass is 10.1. The number of rotatable bonds is 4. The molecule has 0 fully saturated rings. The van der Waals surface area contributed by atoms with Gasteiger partial charge >= 0.3 is 0 Å². The Labute approximate surface area is 114 Å². The molecule has 2 aromatic rings. The summed E-state index contributed by atoms with van der Waals surface area (Å²) >= 11 is 0. The summed E-state index contributed by atoms with van der Waals surface area (Å²) in [7, 11) is 3.90. The van der Waals surface area contributed by atoms with Crippen LogP contribution in [0.15, 0.2) is 30.6 Å². The number of anilines is 2. The van der Waals surface area contributed by atoms with Gasteiger partial charge in [-0.25, -0.2) is 9.97 Å². The second kappa shape index (κ2) is 5.80. The summed E-state index contributed by atoms with van der Waals surface area (Å²) in [6.45, 7) is 4.99. The molecule has 19 heavy (non-hydrogen) atoms. The molecule has 4 heteroatoms. The highest BCUT2D eigenvalue weighted by molar-refractivity contribution is 5.61. The largest absolute Gasteiger partial charge is 0.316 e. The van der Waals surface area contributed by atoms with E-state index in [1.807, 2.05) is 31.4 Å². The molecule has 0 spiro atoms. The van der Waals surface area contributed by atoms with Gasteiger partial charge in [0.25, 0.3) is 0 Å². The molecular formula is C15H20N4. The van der Waals surface area contributed by atoms with Crippen LogP contribution in [0.2, 0.25) is 0 Å². The molecule has 1 heterocycles. The van der Waals surface area contributed by atoms with Crippen molar-refractivity contribution in [3.63, 3.8) is 0 Å². The van der Waals surface area contributed by atoms with E-state index in [1.54, 1.807) is 0 Å². The number of nitrogens with one attached hydrogen (secondary N) is 1. The van der Waals surface area contributed by atoms with Gasteiger partial charge in [0.15, 0.2) is 0 Å². The Morgan fingerprint density at radius 2 is 1.84 bits per heavy atom. The molecule has 0 aliphatic heterocycles. The van der Waals surface area contributed by atoms with E-state index in [0.29, 0.717) is 5.95 Å². The fourth-order valence-electron chi connectivity index (χ4n) is 2.11.